The Balaban J connectivity index is 1.04. The molecule has 0 N–H and O–H groups in total. The van der Waals surface area contributed by atoms with Gasteiger partial charge in [0, 0.05) is 24.2 Å². The minimum Gasteiger partial charge on any atom is -0.490 e. The smallest absolute Gasteiger partial charge is 0.247 e. The van der Waals surface area contributed by atoms with Gasteiger partial charge in [0.2, 0.25) is 20.0 Å². The fourth-order valence-electron chi connectivity index (χ4n) is 10.3. The highest BCUT2D eigenvalue weighted by Crippen LogP contribution is 2.41. The third-order valence-electron chi connectivity index (χ3n) is 13.8. The predicted molar refractivity (Wildman–Crippen MR) is 248 cm³/mol. The van der Waals surface area contributed by atoms with Crippen molar-refractivity contribution in [3.63, 3.8) is 0 Å². The quantitative estimate of drug-likeness (QED) is 0.128. The standard InChI is InChI=1S/C50H80N2O8S2/c1-49(2,3)39-27-29-45(47(37-39)61(53,54)51(41-19-11-7-12-20-41)42-21-13-8-14-22-42)59-35-33-57-31-32-58-34-36-60-46-30-28-40(50(4,5)6)38-48(46)62(55,56)52(43-23-15-9-16-24-43)44-25-17-10-18-26-44/h27-30,37-38,41-44H,7-26,31-36H2,1-6H3. The van der Waals surface area contributed by atoms with Gasteiger partial charge in [-0.05, 0) is 97.6 Å². The molecule has 4 fully saturated rings. The van der Waals surface area contributed by atoms with Gasteiger partial charge in [-0.1, -0.05) is 131 Å². The Labute approximate surface area is 376 Å². The van der Waals surface area contributed by atoms with Crippen LogP contribution in [0.4, 0.5) is 0 Å². The summed E-state index contributed by atoms with van der Waals surface area (Å²) in [6.07, 6.45) is 20.6. The second-order valence-corrected chi connectivity index (χ2v) is 24.2. The molecule has 2 aromatic rings. The number of nitrogens with zero attached hydrogens (tertiary/aromatic N) is 2. The molecule has 10 nitrogen and oxygen atoms in total. The molecule has 350 valence electrons. The lowest BCUT2D eigenvalue weighted by Gasteiger charge is -2.40. The van der Waals surface area contributed by atoms with E-state index in [0.29, 0.717) is 24.7 Å². The number of hydrogen-bond acceptors (Lipinski definition) is 8. The highest BCUT2D eigenvalue weighted by atomic mass is 32.2. The lowest BCUT2D eigenvalue weighted by molar-refractivity contribution is 0.0268. The van der Waals surface area contributed by atoms with Gasteiger partial charge in [0.15, 0.2) is 0 Å². The molecule has 0 aromatic heterocycles. The molecule has 2 aromatic carbocycles. The van der Waals surface area contributed by atoms with Gasteiger partial charge < -0.3 is 18.9 Å². The highest BCUT2D eigenvalue weighted by Gasteiger charge is 2.42. The Morgan fingerprint density at radius 3 is 0.984 bits per heavy atom. The van der Waals surface area contributed by atoms with Crippen LogP contribution in [-0.4, -0.2) is 89.3 Å². The predicted octanol–water partition coefficient (Wildman–Crippen LogP) is 11.1. The first-order valence-corrected chi connectivity index (χ1v) is 27.2. The summed E-state index contributed by atoms with van der Waals surface area (Å²) < 4.78 is 87.3. The minimum atomic E-state index is -3.83. The van der Waals surface area contributed by atoms with Crippen LogP contribution in [0.15, 0.2) is 46.2 Å². The van der Waals surface area contributed by atoms with Crippen molar-refractivity contribution < 1.29 is 35.8 Å². The van der Waals surface area contributed by atoms with Crippen LogP contribution in [0, 0.1) is 0 Å². The topological polar surface area (TPSA) is 112 Å². The van der Waals surface area contributed by atoms with Crippen molar-refractivity contribution in [3.05, 3.63) is 47.5 Å². The van der Waals surface area contributed by atoms with Crippen LogP contribution in [-0.2, 0) is 40.4 Å². The van der Waals surface area contributed by atoms with Crippen LogP contribution >= 0.6 is 0 Å². The maximum atomic E-state index is 14.8. The van der Waals surface area contributed by atoms with E-state index in [4.69, 9.17) is 18.9 Å². The van der Waals surface area contributed by atoms with Gasteiger partial charge in [-0.2, -0.15) is 8.61 Å². The van der Waals surface area contributed by atoms with Crippen LogP contribution < -0.4 is 9.47 Å². The summed E-state index contributed by atoms with van der Waals surface area (Å²) in [7, 11) is -7.66. The molecule has 0 aliphatic heterocycles. The van der Waals surface area contributed by atoms with E-state index in [2.05, 4.69) is 41.5 Å². The zero-order valence-corrected chi connectivity index (χ0v) is 40.8. The van der Waals surface area contributed by atoms with E-state index < -0.39 is 20.0 Å². The fourth-order valence-corrected chi connectivity index (χ4v) is 14.5. The largest absolute Gasteiger partial charge is 0.490 e. The van der Waals surface area contributed by atoms with Crippen molar-refractivity contribution in [2.45, 2.75) is 215 Å². The molecule has 4 aliphatic rings. The molecule has 0 spiro atoms. The second kappa shape index (κ2) is 22.3. The first-order valence-electron chi connectivity index (χ1n) is 24.4. The third kappa shape index (κ3) is 12.8. The average Bonchev–Trinajstić information content (AvgIpc) is 3.25. The summed E-state index contributed by atoms with van der Waals surface area (Å²) in [6.45, 7) is 14.3. The van der Waals surface area contributed by atoms with E-state index in [9.17, 15) is 16.8 Å². The zero-order chi connectivity index (χ0) is 44.4. The molecule has 12 heteroatoms. The number of sulfonamides is 2. The van der Waals surface area contributed by atoms with E-state index >= 15 is 0 Å². The van der Waals surface area contributed by atoms with Gasteiger partial charge in [-0.3, -0.25) is 0 Å². The molecule has 0 atom stereocenters. The Bertz CT molecular complexity index is 1740. The Morgan fingerprint density at radius 1 is 0.435 bits per heavy atom. The normalized spacial score (nSPS) is 19.9. The molecule has 4 saturated carbocycles. The number of ether oxygens (including phenoxy) is 4. The van der Waals surface area contributed by atoms with Crippen LogP contribution in [0.3, 0.4) is 0 Å². The Kier molecular flexibility index (Phi) is 17.7. The van der Waals surface area contributed by atoms with E-state index in [0.717, 1.165) is 114 Å². The van der Waals surface area contributed by atoms with E-state index in [1.165, 1.54) is 25.7 Å². The molecule has 6 rings (SSSR count). The third-order valence-corrected chi connectivity index (χ3v) is 17.9. The summed E-state index contributed by atoms with van der Waals surface area (Å²) in [5.74, 6) is 0.758. The lowest BCUT2D eigenvalue weighted by atomic mass is 9.87. The number of rotatable bonds is 19. The monoisotopic (exact) mass is 901 g/mol. The van der Waals surface area contributed by atoms with Crippen molar-refractivity contribution in [2.24, 2.45) is 0 Å². The van der Waals surface area contributed by atoms with Crippen LogP contribution in [0.2, 0.25) is 0 Å². The van der Waals surface area contributed by atoms with Gasteiger partial charge in [0.1, 0.15) is 34.5 Å². The summed E-state index contributed by atoms with van der Waals surface area (Å²) in [5, 5.41) is 0. The molecule has 0 saturated heterocycles. The molecular formula is C50H80N2O8S2. The SMILES string of the molecule is CC(C)(C)c1ccc(OCCOCCOCCOc2ccc(C(C)(C)C)cc2S(=O)(=O)N(C2CCCCC2)C2CCCCC2)c(S(=O)(=O)N(C2CCCCC2)C2CCCCC2)c1. The second-order valence-electron chi connectivity index (χ2n) is 20.6. The van der Waals surface area contributed by atoms with E-state index in [1.54, 1.807) is 0 Å². The molecule has 62 heavy (non-hydrogen) atoms. The molecule has 0 bridgehead atoms. The van der Waals surface area contributed by atoms with Gasteiger partial charge >= 0.3 is 0 Å². The van der Waals surface area contributed by atoms with Crippen molar-refractivity contribution >= 4 is 20.0 Å². The summed E-state index contributed by atoms with van der Waals surface area (Å²) in [5.41, 5.74) is 1.49. The summed E-state index contributed by atoms with van der Waals surface area (Å²) in [6, 6.07) is 11.4. The Hall–Kier alpha value is -2.22. The van der Waals surface area contributed by atoms with Gasteiger partial charge in [-0.25, -0.2) is 16.8 Å². The first kappa shape index (κ1) is 49.2. The zero-order valence-electron chi connectivity index (χ0n) is 39.1. The first-order chi connectivity index (χ1) is 29.6. The molecular weight excluding hydrogens is 821 g/mol. The minimum absolute atomic E-state index is 0.0312. The van der Waals surface area contributed by atoms with E-state index in [1.807, 2.05) is 45.0 Å². The molecule has 0 amide bonds. The molecule has 4 aliphatic carbocycles. The Morgan fingerprint density at radius 2 is 0.710 bits per heavy atom. The average molecular weight is 901 g/mol. The highest BCUT2D eigenvalue weighted by molar-refractivity contribution is 7.89. The van der Waals surface area contributed by atoms with Gasteiger partial charge in [0.05, 0.1) is 26.4 Å². The summed E-state index contributed by atoms with van der Waals surface area (Å²) in [4.78, 5) is 0.535. The van der Waals surface area contributed by atoms with Crippen molar-refractivity contribution in [1.82, 2.24) is 8.61 Å². The van der Waals surface area contributed by atoms with E-state index in [-0.39, 0.29) is 71.2 Å². The molecule has 0 unspecified atom stereocenters. The van der Waals surface area contributed by atoms with Gasteiger partial charge in [-0.15, -0.1) is 0 Å². The van der Waals surface area contributed by atoms with Crippen LogP contribution in [0.5, 0.6) is 11.5 Å². The fraction of sp³-hybridized carbons (Fsp3) is 0.760. The maximum absolute atomic E-state index is 14.8. The van der Waals surface area contributed by atoms with Crippen LogP contribution in [0.1, 0.15) is 181 Å². The van der Waals surface area contributed by atoms with Crippen molar-refractivity contribution in [1.29, 1.82) is 0 Å². The van der Waals surface area contributed by atoms with Gasteiger partial charge in [0.25, 0.3) is 0 Å². The van der Waals surface area contributed by atoms with Crippen molar-refractivity contribution in [2.75, 3.05) is 39.6 Å². The number of benzene rings is 2. The van der Waals surface area contributed by atoms with Crippen LogP contribution in [0.25, 0.3) is 0 Å². The maximum Gasteiger partial charge on any atom is 0.247 e. The molecule has 0 heterocycles. The number of hydrogen-bond donors (Lipinski definition) is 0. The van der Waals surface area contributed by atoms with Crippen molar-refractivity contribution in [3.8, 4) is 11.5 Å². The molecule has 0 radical (unpaired) electrons. The summed E-state index contributed by atoms with van der Waals surface area (Å²) >= 11 is 0. The lowest BCUT2D eigenvalue weighted by Crippen LogP contribution is -2.48.